The molecule has 0 fully saturated rings. The standard InChI is InChI=1S/C92H62N2S4/c1-91(2)76-25-13-9-20-64(76)66-40-35-60(50-78(66)91)93(58-37-43-83-73(48-58)68-22-11-15-27-81(68)95-83)57-33-29-53(30-34-57)72-52-87-88(70-23-8-7-19-63(70)72)75-45-54(32-42-85(75)97-87)55-31-39-69-74-49-59(38-44-84(74)96-86(69)47-55)94(61-36-41-67-65-21-10-14-26-77(65)92(3,4)79(67)51-61)80-46-56-17-5-6-18-62(56)89-71-24-12-16-28-82(71)98-90(80)89/h5-52,64,76H,1-4H3. The van der Waals surface area contributed by atoms with Crippen LogP contribution in [-0.2, 0) is 10.8 Å². The smallest absolute Gasteiger partial charge is 0.0646 e. The molecule has 0 radical (unpaired) electrons. The molecule has 464 valence electrons. The molecule has 2 nitrogen and oxygen atoms in total. The molecule has 0 saturated heterocycles. The largest absolute Gasteiger partial charge is 0.310 e. The number of nitrogens with zero attached hydrogens (tertiary/aromatic N) is 2. The van der Waals surface area contributed by atoms with Crippen molar-refractivity contribution >= 4 is 182 Å². The van der Waals surface area contributed by atoms with Crippen molar-refractivity contribution < 1.29 is 0 Å². The molecule has 18 aromatic rings. The van der Waals surface area contributed by atoms with Crippen molar-refractivity contribution in [2.75, 3.05) is 9.80 Å². The molecule has 0 saturated carbocycles. The quantitative estimate of drug-likeness (QED) is 0.150. The number of allylic oxidation sites excluding steroid dienone is 4. The summed E-state index contributed by atoms with van der Waals surface area (Å²) < 4.78 is 10.4. The molecular formula is C92H62N2S4. The Hall–Kier alpha value is -10.4. The maximum atomic E-state index is 2.56. The molecule has 4 aromatic heterocycles. The zero-order valence-electron chi connectivity index (χ0n) is 54.4. The number of rotatable bonds is 8. The van der Waals surface area contributed by atoms with E-state index in [1.807, 2.05) is 45.3 Å². The highest BCUT2D eigenvalue weighted by molar-refractivity contribution is 7.27. The average molecular weight is 1320 g/mol. The summed E-state index contributed by atoms with van der Waals surface area (Å²) in [5.74, 6) is 0.831. The number of anilines is 6. The van der Waals surface area contributed by atoms with Crippen LogP contribution in [0.4, 0.5) is 34.1 Å². The first-order chi connectivity index (χ1) is 48.1. The molecule has 21 rings (SSSR count). The van der Waals surface area contributed by atoms with Crippen molar-refractivity contribution in [1.29, 1.82) is 0 Å². The van der Waals surface area contributed by atoms with Crippen molar-refractivity contribution in [3.63, 3.8) is 0 Å². The first kappa shape index (κ1) is 56.7. The fraction of sp³-hybridized carbons (Fsp3) is 0.0870. The van der Waals surface area contributed by atoms with Gasteiger partial charge in [0.25, 0.3) is 0 Å². The fourth-order valence-electron chi connectivity index (χ4n) is 17.5. The zero-order valence-corrected chi connectivity index (χ0v) is 57.7. The second-order valence-electron chi connectivity index (χ2n) is 28.3. The topological polar surface area (TPSA) is 6.48 Å². The predicted molar refractivity (Wildman–Crippen MR) is 428 cm³/mol. The minimum absolute atomic E-state index is 0.00864. The van der Waals surface area contributed by atoms with Crippen LogP contribution in [0.1, 0.15) is 55.9 Å². The van der Waals surface area contributed by atoms with Crippen LogP contribution in [0.15, 0.2) is 291 Å². The highest BCUT2D eigenvalue weighted by Crippen LogP contribution is 2.57. The highest BCUT2D eigenvalue weighted by Gasteiger charge is 2.45. The van der Waals surface area contributed by atoms with Crippen LogP contribution in [0.2, 0.25) is 0 Å². The van der Waals surface area contributed by atoms with E-state index in [-0.39, 0.29) is 10.8 Å². The zero-order chi connectivity index (χ0) is 64.9. The van der Waals surface area contributed by atoms with E-state index >= 15 is 0 Å². The third kappa shape index (κ3) is 8.30. The molecule has 6 heteroatoms. The van der Waals surface area contributed by atoms with Gasteiger partial charge in [-0.15, -0.1) is 45.3 Å². The number of hydrogen-bond donors (Lipinski definition) is 0. The van der Waals surface area contributed by atoms with Crippen LogP contribution < -0.4 is 9.80 Å². The van der Waals surface area contributed by atoms with Crippen LogP contribution in [0.25, 0.3) is 136 Å². The minimum atomic E-state index is -0.150. The second-order valence-corrected chi connectivity index (χ2v) is 32.6. The van der Waals surface area contributed by atoms with E-state index in [0.29, 0.717) is 11.8 Å². The summed E-state index contributed by atoms with van der Waals surface area (Å²) in [6.45, 7) is 9.65. The van der Waals surface area contributed by atoms with Crippen molar-refractivity contribution in [2.24, 2.45) is 5.92 Å². The monoisotopic (exact) mass is 1320 g/mol. The summed E-state index contributed by atoms with van der Waals surface area (Å²) >= 11 is 7.58. The van der Waals surface area contributed by atoms with Gasteiger partial charge in [-0.25, -0.2) is 0 Å². The van der Waals surface area contributed by atoms with Crippen LogP contribution in [0, 0.1) is 5.92 Å². The maximum absolute atomic E-state index is 2.56. The Morgan fingerprint density at radius 3 is 1.68 bits per heavy atom. The van der Waals surface area contributed by atoms with E-state index in [2.05, 4.69) is 329 Å². The number of hydrogen-bond acceptors (Lipinski definition) is 6. The summed E-state index contributed by atoms with van der Waals surface area (Å²) in [7, 11) is 0. The summed E-state index contributed by atoms with van der Waals surface area (Å²) in [5.41, 5.74) is 20.0. The Balaban J connectivity index is 0.654. The minimum Gasteiger partial charge on any atom is -0.310 e. The normalized spacial score (nSPS) is 15.8. The molecule has 0 N–H and O–H groups in total. The fourth-order valence-corrected chi connectivity index (χ4v) is 22.1. The molecule has 98 heavy (non-hydrogen) atoms. The summed E-state index contributed by atoms with van der Waals surface area (Å²) in [6.07, 6.45) is 9.30. The van der Waals surface area contributed by atoms with Crippen molar-refractivity contribution in [2.45, 2.75) is 44.4 Å². The molecule has 2 unspecified atom stereocenters. The van der Waals surface area contributed by atoms with E-state index in [1.54, 1.807) is 0 Å². The van der Waals surface area contributed by atoms with Crippen LogP contribution in [-0.4, -0.2) is 0 Å². The molecule has 2 atom stereocenters. The SMILES string of the molecule is CC1(C)c2ccccc2-c2ccc(N(c3ccc4sc5cc(-c6ccc7sc8cc(-c9ccc(N(c%10ccc%11c(c%10)C(C)(C)C%10C=CC=CC%11%10)c%10ccc%11sc%12ccccc%12c%11c%10)cc9)c9ccccc9c8c7c6)ccc5c4c3)c3cc4ccccc4c4c3sc3ccccc34)cc21. The second kappa shape index (κ2) is 21.0. The summed E-state index contributed by atoms with van der Waals surface area (Å²) in [5, 5.41) is 15.5. The van der Waals surface area contributed by atoms with E-state index < -0.39 is 0 Å². The van der Waals surface area contributed by atoms with Gasteiger partial charge in [-0.2, -0.15) is 0 Å². The molecule has 4 heterocycles. The average Bonchev–Trinajstić information content (AvgIpc) is 1.47. The molecule has 0 aliphatic heterocycles. The summed E-state index contributed by atoms with van der Waals surface area (Å²) in [6, 6.07) is 102. The summed E-state index contributed by atoms with van der Waals surface area (Å²) in [4.78, 5) is 5.04. The number of thiophene rings is 4. The first-order valence-electron chi connectivity index (χ1n) is 34.1. The van der Waals surface area contributed by atoms with Gasteiger partial charge in [-0.1, -0.05) is 204 Å². The molecule has 3 aliphatic carbocycles. The van der Waals surface area contributed by atoms with E-state index in [9.17, 15) is 0 Å². The van der Waals surface area contributed by atoms with Crippen molar-refractivity contribution in [3.05, 3.63) is 313 Å². The van der Waals surface area contributed by atoms with Gasteiger partial charge in [-0.3, -0.25) is 0 Å². The van der Waals surface area contributed by atoms with E-state index in [4.69, 9.17) is 0 Å². The van der Waals surface area contributed by atoms with Gasteiger partial charge in [0.2, 0.25) is 0 Å². The van der Waals surface area contributed by atoms with E-state index in [0.717, 1.165) is 22.7 Å². The van der Waals surface area contributed by atoms with Gasteiger partial charge < -0.3 is 9.80 Å². The van der Waals surface area contributed by atoms with Gasteiger partial charge in [0.05, 0.1) is 10.4 Å². The highest BCUT2D eigenvalue weighted by atomic mass is 32.1. The number of fused-ring (bicyclic) bond motifs is 22. The lowest BCUT2D eigenvalue weighted by atomic mass is 9.74. The third-order valence-electron chi connectivity index (χ3n) is 22.3. The molecule has 14 aromatic carbocycles. The Bertz CT molecular complexity index is 6540. The molecule has 3 aliphatic rings. The van der Waals surface area contributed by atoms with Crippen molar-refractivity contribution in [3.8, 4) is 33.4 Å². The van der Waals surface area contributed by atoms with Gasteiger partial charge in [0.15, 0.2) is 0 Å². The molecule has 0 spiro atoms. The van der Waals surface area contributed by atoms with Gasteiger partial charge in [0.1, 0.15) is 0 Å². The van der Waals surface area contributed by atoms with Gasteiger partial charge in [0, 0.05) is 116 Å². The Kier molecular flexibility index (Phi) is 12.2. The third-order valence-corrected chi connectivity index (χ3v) is 26.9. The number of benzene rings is 14. The lowest BCUT2D eigenvalue weighted by molar-refractivity contribution is 0.394. The van der Waals surface area contributed by atoms with Gasteiger partial charge in [-0.05, 0) is 204 Å². The Labute approximate surface area is 584 Å². The van der Waals surface area contributed by atoms with Crippen LogP contribution in [0.3, 0.4) is 0 Å². The first-order valence-corrected chi connectivity index (χ1v) is 37.4. The van der Waals surface area contributed by atoms with Crippen molar-refractivity contribution in [1.82, 2.24) is 0 Å². The molecule has 0 bridgehead atoms. The van der Waals surface area contributed by atoms with Gasteiger partial charge >= 0.3 is 0 Å². The lowest BCUT2D eigenvalue weighted by Crippen LogP contribution is -2.24. The molecule has 0 amide bonds. The lowest BCUT2D eigenvalue weighted by Gasteiger charge is -2.30. The maximum Gasteiger partial charge on any atom is 0.0646 e. The van der Waals surface area contributed by atoms with Crippen LogP contribution in [0.5, 0.6) is 0 Å². The van der Waals surface area contributed by atoms with Crippen LogP contribution >= 0.6 is 45.3 Å². The predicted octanol–water partition coefficient (Wildman–Crippen LogP) is 28.2. The van der Waals surface area contributed by atoms with E-state index in [1.165, 1.54) is 169 Å². The molecular weight excluding hydrogens is 1260 g/mol. The Morgan fingerprint density at radius 2 is 0.857 bits per heavy atom. The Morgan fingerprint density at radius 1 is 0.306 bits per heavy atom.